The lowest BCUT2D eigenvalue weighted by molar-refractivity contribution is 0.261. The fraction of sp³-hybridized carbons (Fsp3) is 0.400. The van der Waals surface area contributed by atoms with Gasteiger partial charge in [0.2, 0.25) is 0 Å². The highest BCUT2D eigenvalue weighted by Crippen LogP contribution is 2.12. The molecule has 1 aliphatic carbocycles. The molecule has 0 aromatic carbocycles. The third-order valence-corrected chi connectivity index (χ3v) is 1.70. The molecule has 1 nitrogen and oxygen atoms in total. The van der Waals surface area contributed by atoms with Crippen LogP contribution in [0.1, 0.15) is 19.8 Å². The highest BCUT2D eigenvalue weighted by atomic mass is 16.3. The summed E-state index contributed by atoms with van der Waals surface area (Å²) in [6.07, 6.45) is 11.5. The molecule has 1 atom stereocenters. The minimum Gasteiger partial charge on any atom is -0.384 e. The molecule has 60 valence electrons. The summed E-state index contributed by atoms with van der Waals surface area (Å²) in [7, 11) is 0. The number of rotatable bonds is 2. The van der Waals surface area contributed by atoms with E-state index in [2.05, 4.69) is 13.0 Å². The Morgan fingerprint density at radius 2 is 2.36 bits per heavy atom. The summed E-state index contributed by atoms with van der Waals surface area (Å²) >= 11 is 0. The van der Waals surface area contributed by atoms with E-state index >= 15 is 0 Å². The van der Waals surface area contributed by atoms with Gasteiger partial charge in [-0.15, -0.1) is 0 Å². The normalized spacial score (nSPS) is 26.4. The molecule has 0 aromatic rings. The van der Waals surface area contributed by atoms with E-state index in [0.717, 1.165) is 18.4 Å². The van der Waals surface area contributed by atoms with Crippen molar-refractivity contribution in [1.82, 2.24) is 0 Å². The quantitative estimate of drug-likeness (QED) is 0.639. The van der Waals surface area contributed by atoms with Crippen LogP contribution in [0, 0.1) is 0 Å². The largest absolute Gasteiger partial charge is 0.384 e. The summed E-state index contributed by atoms with van der Waals surface area (Å²) in [5, 5.41) is 9.39. The van der Waals surface area contributed by atoms with Gasteiger partial charge in [0.15, 0.2) is 0 Å². The van der Waals surface area contributed by atoms with Crippen LogP contribution in [0.2, 0.25) is 0 Å². The lowest BCUT2D eigenvalue weighted by Crippen LogP contribution is -2.06. The van der Waals surface area contributed by atoms with Crippen LogP contribution in [0.4, 0.5) is 0 Å². The molecule has 0 aliphatic heterocycles. The molecule has 1 unspecified atom stereocenters. The van der Waals surface area contributed by atoms with E-state index in [9.17, 15) is 5.11 Å². The van der Waals surface area contributed by atoms with Crippen molar-refractivity contribution in [1.29, 1.82) is 0 Å². The fourth-order valence-corrected chi connectivity index (χ4v) is 1.05. The maximum absolute atomic E-state index is 9.39. The first-order valence-corrected chi connectivity index (χ1v) is 4.07. The van der Waals surface area contributed by atoms with Crippen LogP contribution in [-0.2, 0) is 0 Å². The predicted molar refractivity (Wildman–Crippen MR) is 47.3 cm³/mol. The second kappa shape index (κ2) is 4.14. The average Bonchev–Trinajstić information content (AvgIpc) is 2.03. The minimum atomic E-state index is -0.383. The van der Waals surface area contributed by atoms with Crippen molar-refractivity contribution in [2.24, 2.45) is 0 Å². The lowest BCUT2D eigenvalue weighted by Gasteiger charge is -2.09. The molecular weight excluding hydrogens is 136 g/mol. The van der Waals surface area contributed by atoms with Crippen LogP contribution in [0.15, 0.2) is 36.0 Å². The molecule has 1 heteroatoms. The zero-order valence-electron chi connectivity index (χ0n) is 6.83. The molecule has 0 radical (unpaired) electrons. The lowest BCUT2D eigenvalue weighted by atomic mass is 10.0. The van der Waals surface area contributed by atoms with E-state index in [1.54, 1.807) is 6.08 Å². The van der Waals surface area contributed by atoms with Gasteiger partial charge in [0.25, 0.3) is 0 Å². The molecule has 0 saturated heterocycles. The fourth-order valence-electron chi connectivity index (χ4n) is 1.05. The van der Waals surface area contributed by atoms with Gasteiger partial charge in [-0.1, -0.05) is 43.7 Å². The van der Waals surface area contributed by atoms with Crippen LogP contribution in [0.3, 0.4) is 0 Å². The van der Waals surface area contributed by atoms with E-state index in [0.29, 0.717) is 0 Å². The molecule has 0 saturated carbocycles. The molecule has 0 spiro atoms. The van der Waals surface area contributed by atoms with E-state index in [1.165, 1.54) is 0 Å². The SMILES string of the molecule is CCC/C=C1/C=CC=CC1O. The van der Waals surface area contributed by atoms with Gasteiger partial charge in [0.05, 0.1) is 6.10 Å². The third-order valence-electron chi connectivity index (χ3n) is 1.70. The first kappa shape index (κ1) is 8.28. The molecule has 1 N–H and O–H groups in total. The van der Waals surface area contributed by atoms with Gasteiger partial charge in [-0.05, 0) is 12.0 Å². The second-order valence-corrected chi connectivity index (χ2v) is 2.68. The Morgan fingerprint density at radius 3 is 3.00 bits per heavy atom. The Balaban J connectivity index is 2.57. The summed E-state index contributed by atoms with van der Waals surface area (Å²) in [6.45, 7) is 2.13. The molecular formula is C10H14O. The van der Waals surface area contributed by atoms with Crippen molar-refractivity contribution in [3.05, 3.63) is 36.0 Å². The molecule has 1 rings (SSSR count). The van der Waals surface area contributed by atoms with Crippen LogP contribution in [-0.4, -0.2) is 11.2 Å². The van der Waals surface area contributed by atoms with Crippen molar-refractivity contribution >= 4 is 0 Å². The van der Waals surface area contributed by atoms with Gasteiger partial charge in [-0.3, -0.25) is 0 Å². The van der Waals surface area contributed by atoms with Gasteiger partial charge >= 0.3 is 0 Å². The summed E-state index contributed by atoms with van der Waals surface area (Å²) in [5.41, 5.74) is 1.02. The summed E-state index contributed by atoms with van der Waals surface area (Å²) in [5.74, 6) is 0. The van der Waals surface area contributed by atoms with Crippen molar-refractivity contribution in [3.63, 3.8) is 0 Å². The molecule has 0 fully saturated rings. The summed E-state index contributed by atoms with van der Waals surface area (Å²) < 4.78 is 0. The number of hydrogen-bond donors (Lipinski definition) is 1. The first-order chi connectivity index (χ1) is 5.34. The zero-order valence-corrected chi connectivity index (χ0v) is 6.83. The number of aliphatic hydroxyl groups excluding tert-OH is 1. The zero-order chi connectivity index (χ0) is 8.10. The second-order valence-electron chi connectivity index (χ2n) is 2.68. The summed E-state index contributed by atoms with van der Waals surface area (Å²) in [6, 6.07) is 0. The Kier molecular flexibility index (Phi) is 3.12. The predicted octanol–water partition coefficient (Wildman–Crippen LogP) is 2.20. The Bertz CT molecular complexity index is 199. The van der Waals surface area contributed by atoms with Crippen molar-refractivity contribution < 1.29 is 5.11 Å². The smallest absolute Gasteiger partial charge is 0.0971 e. The van der Waals surface area contributed by atoms with Crippen LogP contribution >= 0.6 is 0 Å². The van der Waals surface area contributed by atoms with E-state index in [1.807, 2.05) is 18.2 Å². The van der Waals surface area contributed by atoms with Gasteiger partial charge in [0.1, 0.15) is 0 Å². The molecule has 1 aliphatic rings. The maximum atomic E-state index is 9.39. The minimum absolute atomic E-state index is 0.383. The van der Waals surface area contributed by atoms with Gasteiger partial charge < -0.3 is 5.11 Å². The molecule has 0 aromatic heterocycles. The number of hydrogen-bond acceptors (Lipinski definition) is 1. The van der Waals surface area contributed by atoms with Crippen LogP contribution in [0.25, 0.3) is 0 Å². The van der Waals surface area contributed by atoms with E-state index in [-0.39, 0.29) is 6.10 Å². The van der Waals surface area contributed by atoms with Gasteiger partial charge in [-0.25, -0.2) is 0 Å². The monoisotopic (exact) mass is 150 g/mol. The summed E-state index contributed by atoms with van der Waals surface area (Å²) in [4.78, 5) is 0. The number of unbranched alkanes of at least 4 members (excludes halogenated alkanes) is 1. The highest BCUT2D eigenvalue weighted by molar-refractivity contribution is 5.34. The van der Waals surface area contributed by atoms with E-state index in [4.69, 9.17) is 0 Å². The number of aliphatic hydroxyl groups is 1. The van der Waals surface area contributed by atoms with Crippen molar-refractivity contribution in [3.8, 4) is 0 Å². The first-order valence-electron chi connectivity index (χ1n) is 4.07. The number of allylic oxidation sites excluding steroid dienone is 3. The van der Waals surface area contributed by atoms with Gasteiger partial charge in [-0.2, -0.15) is 0 Å². The Labute approximate surface area is 67.7 Å². The Morgan fingerprint density at radius 1 is 1.55 bits per heavy atom. The van der Waals surface area contributed by atoms with Crippen LogP contribution < -0.4 is 0 Å². The van der Waals surface area contributed by atoms with Crippen LogP contribution in [0.5, 0.6) is 0 Å². The topological polar surface area (TPSA) is 20.2 Å². The molecule has 11 heavy (non-hydrogen) atoms. The maximum Gasteiger partial charge on any atom is 0.0971 e. The van der Waals surface area contributed by atoms with Crippen molar-refractivity contribution in [2.75, 3.05) is 0 Å². The Hall–Kier alpha value is -0.820. The van der Waals surface area contributed by atoms with E-state index < -0.39 is 0 Å². The van der Waals surface area contributed by atoms with Gasteiger partial charge in [0, 0.05) is 0 Å². The average molecular weight is 150 g/mol. The molecule has 0 bridgehead atoms. The third kappa shape index (κ3) is 2.35. The van der Waals surface area contributed by atoms with Crippen molar-refractivity contribution in [2.45, 2.75) is 25.9 Å². The highest BCUT2D eigenvalue weighted by Gasteiger charge is 2.04. The molecule has 0 amide bonds. The molecule has 0 heterocycles. The standard InChI is InChI=1S/C10H14O/c1-2-3-6-9-7-4-5-8-10(9)11/h4-8,10-11H,2-3H2,1H3/b9-6-.